The molecule has 0 radical (unpaired) electrons. The second-order valence-electron chi connectivity index (χ2n) is 3.44. The van der Waals surface area contributed by atoms with Crippen molar-refractivity contribution in [2.24, 2.45) is 5.92 Å². The summed E-state index contributed by atoms with van der Waals surface area (Å²) in [4.78, 5) is 0. The zero-order valence-electron chi connectivity index (χ0n) is 8.00. The number of ether oxygens (including phenoxy) is 1. The molecule has 0 atom stereocenters. The summed E-state index contributed by atoms with van der Waals surface area (Å²) in [7, 11) is 0. The minimum atomic E-state index is 0. The fraction of sp³-hybridized carbons (Fsp3) is 0.400. The Bertz CT molecular complexity index is 311. The van der Waals surface area contributed by atoms with Crippen LogP contribution in [-0.4, -0.2) is 19.7 Å². The molecular weight excluding hydrogens is 301 g/mol. The van der Waals surface area contributed by atoms with Crippen LogP contribution in [0.25, 0.3) is 0 Å². The van der Waals surface area contributed by atoms with Gasteiger partial charge in [0.25, 0.3) is 0 Å². The van der Waals surface area contributed by atoms with Gasteiger partial charge in [0.15, 0.2) is 0 Å². The van der Waals surface area contributed by atoms with Crippen LogP contribution in [0.4, 0.5) is 0 Å². The van der Waals surface area contributed by atoms with E-state index in [1.54, 1.807) is 0 Å². The van der Waals surface area contributed by atoms with Crippen LogP contribution >= 0.6 is 39.9 Å². The lowest BCUT2D eigenvalue weighted by Gasteiger charge is -2.26. The first-order valence-electron chi connectivity index (χ1n) is 4.53. The lowest BCUT2D eigenvalue weighted by Crippen LogP contribution is -2.45. The van der Waals surface area contributed by atoms with E-state index in [9.17, 15) is 0 Å². The summed E-state index contributed by atoms with van der Waals surface area (Å²) in [6, 6.07) is 5.61. The summed E-state index contributed by atoms with van der Waals surface area (Å²) in [5, 5.41) is 3.90. The fourth-order valence-corrected chi connectivity index (χ4v) is 2.12. The first-order valence-corrected chi connectivity index (χ1v) is 5.71. The van der Waals surface area contributed by atoms with Crippen LogP contribution in [0, 0.1) is 5.92 Å². The molecule has 1 aromatic carbocycles. The molecule has 0 aliphatic carbocycles. The maximum atomic E-state index is 5.89. The third-order valence-corrected chi connectivity index (χ3v) is 2.86. The standard InChI is InChI=1S/C10H11BrClNO.ClH/c11-8-1-9(12)3-10(2-8)14-6-7-4-13-5-7;/h1-3,7,13H,4-6H2;1H. The van der Waals surface area contributed by atoms with Crippen molar-refractivity contribution in [1.82, 2.24) is 5.32 Å². The molecule has 0 amide bonds. The average Bonchev–Trinajstić information content (AvgIpc) is 1.99. The normalized spacial score (nSPS) is 15.3. The zero-order valence-corrected chi connectivity index (χ0v) is 11.2. The molecule has 84 valence electrons. The largest absolute Gasteiger partial charge is 0.493 e. The Morgan fingerprint density at radius 1 is 1.40 bits per heavy atom. The van der Waals surface area contributed by atoms with Crippen molar-refractivity contribution >= 4 is 39.9 Å². The van der Waals surface area contributed by atoms with Gasteiger partial charge in [0.05, 0.1) is 6.61 Å². The van der Waals surface area contributed by atoms with Crippen molar-refractivity contribution in [1.29, 1.82) is 0 Å². The number of benzene rings is 1. The number of hydrogen-bond donors (Lipinski definition) is 1. The van der Waals surface area contributed by atoms with Gasteiger partial charge in [-0.05, 0) is 18.2 Å². The molecule has 1 fully saturated rings. The lowest BCUT2D eigenvalue weighted by molar-refractivity contribution is 0.199. The van der Waals surface area contributed by atoms with Crippen molar-refractivity contribution in [2.45, 2.75) is 0 Å². The lowest BCUT2D eigenvalue weighted by atomic mass is 10.1. The van der Waals surface area contributed by atoms with E-state index in [2.05, 4.69) is 21.2 Å². The van der Waals surface area contributed by atoms with E-state index < -0.39 is 0 Å². The Morgan fingerprint density at radius 2 is 2.13 bits per heavy atom. The summed E-state index contributed by atoms with van der Waals surface area (Å²) < 4.78 is 6.57. The van der Waals surface area contributed by atoms with Crippen LogP contribution in [-0.2, 0) is 0 Å². The molecule has 0 aromatic heterocycles. The highest BCUT2D eigenvalue weighted by Crippen LogP contribution is 2.25. The van der Waals surface area contributed by atoms with Gasteiger partial charge in [0.2, 0.25) is 0 Å². The Hall–Kier alpha value is 0.0400. The highest BCUT2D eigenvalue weighted by Gasteiger charge is 2.17. The maximum absolute atomic E-state index is 5.89. The number of nitrogens with one attached hydrogen (secondary N) is 1. The van der Waals surface area contributed by atoms with Crippen LogP contribution in [0.1, 0.15) is 0 Å². The van der Waals surface area contributed by atoms with E-state index >= 15 is 0 Å². The number of halogens is 3. The molecule has 1 aromatic rings. The highest BCUT2D eigenvalue weighted by atomic mass is 79.9. The van der Waals surface area contributed by atoms with E-state index in [0.29, 0.717) is 10.9 Å². The van der Waals surface area contributed by atoms with Gasteiger partial charge in [0.1, 0.15) is 5.75 Å². The van der Waals surface area contributed by atoms with Crippen molar-refractivity contribution in [2.75, 3.05) is 19.7 Å². The van der Waals surface area contributed by atoms with E-state index in [-0.39, 0.29) is 12.4 Å². The fourth-order valence-electron chi connectivity index (χ4n) is 1.29. The van der Waals surface area contributed by atoms with Gasteiger partial charge in [-0.2, -0.15) is 0 Å². The molecule has 1 N–H and O–H groups in total. The predicted octanol–water partition coefficient (Wildman–Crippen LogP) is 3.12. The molecule has 15 heavy (non-hydrogen) atoms. The van der Waals surface area contributed by atoms with Crippen molar-refractivity contribution in [3.8, 4) is 5.75 Å². The SMILES string of the molecule is Cl.Clc1cc(Br)cc(OCC2CNC2)c1. The molecule has 0 unspecified atom stereocenters. The van der Waals surface area contributed by atoms with Gasteiger partial charge in [-0.25, -0.2) is 0 Å². The summed E-state index contributed by atoms with van der Waals surface area (Å²) >= 11 is 9.27. The second-order valence-corrected chi connectivity index (χ2v) is 4.79. The summed E-state index contributed by atoms with van der Waals surface area (Å²) in [6.07, 6.45) is 0. The molecule has 0 spiro atoms. The van der Waals surface area contributed by atoms with Gasteiger partial charge in [-0.3, -0.25) is 0 Å². The van der Waals surface area contributed by atoms with Crippen molar-refractivity contribution in [3.05, 3.63) is 27.7 Å². The highest BCUT2D eigenvalue weighted by molar-refractivity contribution is 9.10. The van der Waals surface area contributed by atoms with E-state index in [1.807, 2.05) is 18.2 Å². The van der Waals surface area contributed by atoms with Crippen molar-refractivity contribution in [3.63, 3.8) is 0 Å². The van der Waals surface area contributed by atoms with Crippen LogP contribution in [0.2, 0.25) is 5.02 Å². The Balaban J connectivity index is 0.00000112. The van der Waals surface area contributed by atoms with Gasteiger partial charge >= 0.3 is 0 Å². The monoisotopic (exact) mass is 311 g/mol. The van der Waals surface area contributed by atoms with Gasteiger partial charge in [-0.1, -0.05) is 27.5 Å². The summed E-state index contributed by atoms with van der Waals surface area (Å²) in [5.74, 6) is 1.48. The third kappa shape index (κ3) is 3.83. The van der Waals surface area contributed by atoms with E-state index in [4.69, 9.17) is 16.3 Å². The van der Waals surface area contributed by atoms with Gasteiger partial charge in [-0.15, -0.1) is 12.4 Å². The van der Waals surface area contributed by atoms with Crippen LogP contribution in [0.15, 0.2) is 22.7 Å². The summed E-state index contributed by atoms with van der Waals surface area (Å²) in [5.41, 5.74) is 0. The molecule has 1 aliphatic rings. The molecule has 1 heterocycles. The smallest absolute Gasteiger partial charge is 0.121 e. The Morgan fingerprint density at radius 3 is 2.67 bits per heavy atom. The molecule has 1 saturated heterocycles. The number of rotatable bonds is 3. The van der Waals surface area contributed by atoms with Crippen LogP contribution in [0.3, 0.4) is 0 Å². The summed E-state index contributed by atoms with van der Waals surface area (Å²) in [6.45, 7) is 2.88. The first-order chi connectivity index (χ1) is 6.74. The molecular formula is C10H12BrCl2NO. The van der Waals surface area contributed by atoms with Crippen LogP contribution in [0.5, 0.6) is 5.75 Å². The molecule has 2 nitrogen and oxygen atoms in total. The van der Waals surface area contributed by atoms with Gasteiger partial charge < -0.3 is 10.1 Å². The minimum Gasteiger partial charge on any atom is -0.493 e. The average molecular weight is 313 g/mol. The van der Waals surface area contributed by atoms with E-state index in [0.717, 1.165) is 29.9 Å². The molecule has 0 bridgehead atoms. The predicted molar refractivity (Wildman–Crippen MR) is 68.3 cm³/mol. The van der Waals surface area contributed by atoms with Crippen molar-refractivity contribution < 1.29 is 4.74 Å². The minimum absolute atomic E-state index is 0. The topological polar surface area (TPSA) is 21.3 Å². The Labute approximate surface area is 109 Å². The van der Waals surface area contributed by atoms with Crippen LogP contribution < -0.4 is 10.1 Å². The molecule has 2 rings (SSSR count). The zero-order chi connectivity index (χ0) is 9.97. The second kappa shape index (κ2) is 5.94. The third-order valence-electron chi connectivity index (χ3n) is 2.19. The molecule has 1 aliphatic heterocycles. The van der Waals surface area contributed by atoms with Gasteiger partial charge in [0, 0.05) is 28.5 Å². The Kier molecular flexibility index (Phi) is 5.19. The molecule has 0 saturated carbocycles. The quantitative estimate of drug-likeness (QED) is 0.926. The number of hydrogen-bond acceptors (Lipinski definition) is 2. The maximum Gasteiger partial charge on any atom is 0.121 e. The molecule has 5 heteroatoms. The first kappa shape index (κ1) is 13.1. The van der Waals surface area contributed by atoms with E-state index in [1.165, 1.54) is 0 Å².